The summed E-state index contributed by atoms with van der Waals surface area (Å²) in [7, 11) is 0. The molecule has 2 aromatic carbocycles. The van der Waals surface area contributed by atoms with E-state index in [0.29, 0.717) is 13.2 Å². The molecule has 0 fully saturated rings. The zero-order valence-corrected chi connectivity index (χ0v) is 15.9. The van der Waals surface area contributed by atoms with Gasteiger partial charge in [-0.3, -0.25) is 4.79 Å². The third kappa shape index (κ3) is 4.52. The van der Waals surface area contributed by atoms with E-state index in [1.807, 2.05) is 56.3 Å². The van der Waals surface area contributed by atoms with Crippen LogP contribution in [0.2, 0.25) is 0 Å². The van der Waals surface area contributed by atoms with Crippen LogP contribution in [0.4, 0.5) is 0 Å². The number of hydrogen-bond acceptors (Lipinski definition) is 5. The molecule has 0 aliphatic heterocycles. The fourth-order valence-electron chi connectivity index (χ4n) is 2.60. The molecule has 3 rings (SSSR count). The van der Waals surface area contributed by atoms with Crippen LogP contribution in [-0.4, -0.2) is 17.5 Å². The number of nitrogens with zero attached hydrogens (tertiary/aromatic N) is 1. The maximum Gasteiger partial charge on any atom is 0.217 e. The molecule has 1 N–H and O–H groups in total. The Labute approximate surface area is 157 Å². The average molecular weight is 370 g/mol. The molecule has 1 heterocycles. The number of amides is 1. The van der Waals surface area contributed by atoms with E-state index in [9.17, 15) is 4.79 Å². The van der Waals surface area contributed by atoms with E-state index in [4.69, 9.17) is 9.47 Å². The van der Waals surface area contributed by atoms with Gasteiger partial charge in [-0.1, -0.05) is 6.07 Å². The zero-order chi connectivity index (χ0) is 18.5. The average Bonchev–Trinajstić information content (AvgIpc) is 3.04. The van der Waals surface area contributed by atoms with Crippen molar-refractivity contribution in [3.63, 3.8) is 0 Å². The van der Waals surface area contributed by atoms with Crippen molar-refractivity contribution in [2.45, 2.75) is 33.4 Å². The Morgan fingerprint density at radius 2 is 1.85 bits per heavy atom. The van der Waals surface area contributed by atoms with Crippen LogP contribution in [0.5, 0.6) is 11.5 Å². The third-order valence-electron chi connectivity index (χ3n) is 3.80. The topological polar surface area (TPSA) is 60.5 Å². The normalized spacial score (nSPS) is 12.0. The second-order valence-corrected chi connectivity index (χ2v) is 7.03. The minimum Gasteiger partial charge on any atom is -0.494 e. The molecular formula is C20H22N2O3S. The lowest BCUT2D eigenvalue weighted by atomic mass is 10.2. The molecule has 0 bridgehead atoms. The molecule has 0 aliphatic carbocycles. The maximum atomic E-state index is 11.2. The fourth-order valence-corrected chi connectivity index (χ4v) is 3.55. The Balaban J connectivity index is 1.67. The summed E-state index contributed by atoms with van der Waals surface area (Å²) >= 11 is 1.60. The number of carbonyl (C=O) groups is 1. The molecule has 136 valence electrons. The Kier molecular flexibility index (Phi) is 5.73. The SMILES string of the molecule is CCOc1ccc(OCc2ccc3sc(C(C)NC(C)=O)nc3c2)cc1. The van der Waals surface area contributed by atoms with Gasteiger partial charge in [-0.2, -0.15) is 0 Å². The van der Waals surface area contributed by atoms with Crippen molar-refractivity contribution < 1.29 is 14.3 Å². The highest BCUT2D eigenvalue weighted by atomic mass is 32.1. The minimum atomic E-state index is -0.0894. The quantitative estimate of drug-likeness (QED) is 0.666. The fraction of sp³-hybridized carbons (Fsp3) is 0.300. The minimum absolute atomic E-state index is 0.0544. The number of fused-ring (bicyclic) bond motifs is 1. The van der Waals surface area contributed by atoms with Crippen molar-refractivity contribution in [3.8, 4) is 11.5 Å². The molecule has 1 aromatic heterocycles. The van der Waals surface area contributed by atoms with Crippen molar-refractivity contribution in [2.75, 3.05) is 6.61 Å². The summed E-state index contributed by atoms with van der Waals surface area (Å²) in [4.78, 5) is 15.9. The molecule has 0 radical (unpaired) electrons. The highest BCUT2D eigenvalue weighted by Gasteiger charge is 2.12. The number of thiazole rings is 1. The Bertz CT molecular complexity index is 890. The van der Waals surface area contributed by atoms with Crippen LogP contribution in [0.3, 0.4) is 0 Å². The van der Waals surface area contributed by atoms with Crippen LogP contribution in [-0.2, 0) is 11.4 Å². The van der Waals surface area contributed by atoms with Gasteiger partial charge in [0.05, 0.1) is 22.9 Å². The number of ether oxygens (including phenoxy) is 2. The van der Waals surface area contributed by atoms with Gasteiger partial charge in [0.1, 0.15) is 23.1 Å². The molecule has 3 aromatic rings. The molecule has 6 heteroatoms. The van der Waals surface area contributed by atoms with Gasteiger partial charge in [-0.25, -0.2) is 4.98 Å². The van der Waals surface area contributed by atoms with Gasteiger partial charge in [0.15, 0.2) is 0 Å². The Morgan fingerprint density at radius 1 is 1.15 bits per heavy atom. The summed E-state index contributed by atoms with van der Waals surface area (Å²) in [6.45, 7) is 6.53. The molecule has 1 atom stereocenters. The Hall–Kier alpha value is -2.60. The van der Waals surface area contributed by atoms with Crippen molar-refractivity contribution >= 4 is 27.5 Å². The summed E-state index contributed by atoms with van der Waals surface area (Å²) in [6, 6.07) is 13.6. The summed E-state index contributed by atoms with van der Waals surface area (Å²) in [5.41, 5.74) is 1.98. The second-order valence-electron chi connectivity index (χ2n) is 5.97. The second kappa shape index (κ2) is 8.19. The first-order valence-electron chi connectivity index (χ1n) is 8.57. The van der Waals surface area contributed by atoms with Crippen LogP contribution in [0.1, 0.15) is 37.4 Å². The van der Waals surface area contributed by atoms with E-state index in [1.165, 1.54) is 6.92 Å². The van der Waals surface area contributed by atoms with Gasteiger partial charge in [0, 0.05) is 6.92 Å². The molecule has 1 amide bonds. The summed E-state index contributed by atoms with van der Waals surface area (Å²) in [6.07, 6.45) is 0. The van der Waals surface area contributed by atoms with E-state index in [-0.39, 0.29) is 11.9 Å². The van der Waals surface area contributed by atoms with Gasteiger partial charge >= 0.3 is 0 Å². The van der Waals surface area contributed by atoms with Crippen LogP contribution in [0.15, 0.2) is 42.5 Å². The first-order valence-corrected chi connectivity index (χ1v) is 9.39. The predicted octanol–water partition coefficient (Wildman–Crippen LogP) is 4.47. The lowest BCUT2D eigenvalue weighted by molar-refractivity contribution is -0.119. The molecule has 0 aliphatic rings. The number of carbonyl (C=O) groups excluding carboxylic acids is 1. The monoisotopic (exact) mass is 370 g/mol. The highest BCUT2D eigenvalue weighted by molar-refractivity contribution is 7.18. The van der Waals surface area contributed by atoms with Gasteiger partial charge in [-0.05, 0) is 55.8 Å². The van der Waals surface area contributed by atoms with E-state index in [1.54, 1.807) is 11.3 Å². The lowest BCUT2D eigenvalue weighted by Crippen LogP contribution is -2.23. The van der Waals surface area contributed by atoms with E-state index < -0.39 is 0 Å². The number of nitrogens with one attached hydrogen (secondary N) is 1. The maximum absolute atomic E-state index is 11.2. The summed E-state index contributed by atoms with van der Waals surface area (Å²) in [5.74, 6) is 1.58. The van der Waals surface area contributed by atoms with Crippen molar-refractivity contribution in [3.05, 3.63) is 53.0 Å². The molecular weight excluding hydrogens is 348 g/mol. The molecule has 0 saturated heterocycles. The zero-order valence-electron chi connectivity index (χ0n) is 15.1. The van der Waals surface area contributed by atoms with Gasteiger partial charge in [0.25, 0.3) is 0 Å². The van der Waals surface area contributed by atoms with E-state index in [0.717, 1.165) is 32.3 Å². The van der Waals surface area contributed by atoms with Crippen LogP contribution >= 0.6 is 11.3 Å². The largest absolute Gasteiger partial charge is 0.494 e. The number of rotatable bonds is 7. The van der Waals surface area contributed by atoms with Gasteiger partial charge in [0.2, 0.25) is 5.91 Å². The molecule has 5 nitrogen and oxygen atoms in total. The molecule has 26 heavy (non-hydrogen) atoms. The molecule has 0 spiro atoms. The number of benzene rings is 2. The van der Waals surface area contributed by atoms with Crippen molar-refractivity contribution in [1.82, 2.24) is 10.3 Å². The lowest BCUT2D eigenvalue weighted by Gasteiger charge is -2.08. The summed E-state index contributed by atoms with van der Waals surface area (Å²) in [5, 5.41) is 3.77. The van der Waals surface area contributed by atoms with Gasteiger partial charge < -0.3 is 14.8 Å². The smallest absolute Gasteiger partial charge is 0.217 e. The molecule has 0 saturated carbocycles. The third-order valence-corrected chi connectivity index (χ3v) is 5.02. The first-order chi connectivity index (χ1) is 12.5. The number of hydrogen-bond donors (Lipinski definition) is 1. The standard InChI is InChI=1S/C20H22N2O3S/c1-4-24-16-6-8-17(9-7-16)25-12-15-5-10-19-18(11-15)22-20(26-19)13(2)21-14(3)23/h5-11,13H,4,12H2,1-3H3,(H,21,23). The van der Waals surface area contributed by atoms with E-state index in [2.05, 4.69) is 10.3 Å². The predicted molar refractivity (Wildman–Crippen MR) is 104 cm³/mol. The number of aromatic nitrogens is 1. The van der Waals surface area contributed by atoms with Crippen LogP contribution in [0.25, 0.3) is 10.2 Å². The molecule has 1 unspecified atom stereocenters. The van der Waals surface area contributed by atoms with Gasteiger partial charge in [-0.15, -0.1) is 11.3 Å². The Morgan fingerprint density at radius 3 is 2.50 bits per heavy atom. The summed E-state index contributed by atoms with van der Waals surface area (Å²) < 4.78 is 12.4. The van der Waals surface area contributed by atoms with E-state index >= 15 is 0 Å². The first kappa shape index (κ1) is 18.2. The van der Waals surface area contributed by atoms with Crippen LogP contribution in [0, 0.1) is 0 Å². The van der Waals surface area contributed by atoms with Crippen molar-refractivity contribution in [2.24, 2.45) is 0 Å². The van der Waals surface area contributed by atoms with Crippen molar-refractivity contribution in [1.29, 1.82) is 0 Å². The van der Waals surface area contributed by atoms with Crippen LogP contribution < -0.4 is 14.8 Å². The highest BCUT2D eigenvalue weighted by Crippen LogP contribution is 2.27.